The zero-order valence-electron chi connectivity index (χ0n) is 14.8. The van der Waals surface area contributed by atoms with Crippen LogP contribution in [0.3, 0.4) is 0 Å². The first kappa shape index (κ1) is 17.7. The van der Waals surface area contributed by atoms with E-state index in [0.717, 1.165) is 13.0 Å². The molecule has 2 aromatic carbocycles. The molecule has 2 nitrogen and oxygen atoms in total. The molecule has 0 heterocycles. The van der Waals surface area contributed by atoms with Crippen LogP contribution in [0, 0.1) is 0 Å². The standard InChI is InChI=1S/C21H30N2/c1-17(2)22-16-21(3,4)23-20(19-13-9-6-10-14-19)15-18-11-7-5-8-12-18/h5-14,17,20,22-23H,15-16H2,1-4H3/t20-/m1/s1. The molecule has 0 aliphatic carbocycles. The molecule has 0 bridgehead atoms. The summed E-state index contributed by atoms with van der Waals surface area (Å²) in [7, 11) is 0. The lowest BCUT2D eigenvalue weighted by atomic mass is 9.95. The van der Waals surface area contributed by atoms with Crippen LogP contribution in [0.4, 0.5) is 0 Å². The fourth-order valence-corrected chi connectivity index (χ4v) is 2.77. The second-order valence-corrected chi connectivity index (χ2v) is 7.22. The monoisotopic (exact) mass is 310 g/mol. The first-order valence-corrected chi connectivity index (χ1v) is 8.56. The van der Waals surface area contributed by atoms with E-state index >= 15 is 0 Å². The number of nitrogens with one attached hydrogen (secondary N) is 2. The third kappa shape index (κ3) is 6.17. The molecule has 1 atom stereocenters. The SMILES string of the molecule is CC(C)NCC(C)(C)N[C@H](Cc1ccccc1)c1ccccc1. The second-order valence-electron chi connectivity index (χ2n) is 7.22. The van der Waals surface area contributed by atoms with E-state index in [1.165, 1.54) is 11.1 Å². The lowest BCUT2D eigenvalue weighted by Crippen LogP contribution is -2.50. The lowest BCUT2D eigenvalue weighted by molar-refractivity contribution is 0.311. The summed E-state index contributed by atoms with van der Waals surface area (Å²) in [4.78, 5) is 0. The Kier molecular flexibility index (Phi) is 6.37. The normalized spacial score (nSPS) is 13.3. The van der Waals surface area contributed by atoms with Gasteiger partial charge in [-0.1, -0.05) is 74.5 Å². The van der Waals surface area contributed by atoms with Crippen LogP contribution in [0.15, 0.2) is 60.7 Å². The Morgan fingerprint density at radius 1 is 0.870 bits per heavy atom. The Balaban J connectivity index is 2.13. The Morgan fingerprint density at radius 3 is 2.00 bits per heavy atom. The molecule has 0 aliphatic rings. The predicted octanol–water partition coefficient (Wildman–Crippen LogP) is 4.34. The van der Waals surface area contributed by atoms with Crippen molar-refractivity contribution in [2.75, 3.05) is 6.54 Å². The summed E-state index contributed by atoms with van der Waals surface area (Å²) in [6.45, 7) is 9.86. The van der Waals surface area contributed by atoms with Crippen molar-refractivity contribution in [2.45, 2.75) is 51.7 Å². The van der Waals surface area contributed by atoms with Crippen LogP contribution in [-0.4, -0.2) is 18.1 Å². The van der Waals surface area contributed by atoms with Crippen molar-refractivity contribution in [3.63, 3.8) is 0 Å². The van der Waals surface area contributed by atoms with Crippen molar-refractivity contribution >= 4 is 0 Å². The number of rotatable bonds is 8. The molecule has 0 aliphatic heterocycles. The van der Waals surface area contributed by atoms with E-state index in [2.05, 4.69) is 99.0 Å². The van der Waals surface area contributed by atoms with Gasteiger partial charge in [-0.3, -0.25) is 0 Å². The van der Waals surface area contributed by atoms with E-state index in [1.807, 2.05) is 0 Å². The van der Waals surface area contributed by atoms with Crippen LogP contribution in [0.25, 0.3) is 0 Å². The van der Waals surface area contributed by atoms with Crippen LogP contribution in [-0.2, 0) is 6.42 Å². The van der Waals surface area contributed by atoms with Crippen LogP contribution in [0.1, 0.15) is 44.9 Å². The first-order chi connectivity index (χ1) is 11.0. The molecule has 0 saturated heterocycles. The molecule has 0 amide bonds. The molecule has 2 rings (SSSR count). The number of benzene rings is 2. The average Bonchev–Trinajstić information content (AvgIpc) is 2.54. The van der Waals surface area contributed by atoms with Crippen molar-refractivity contribution in [2.24, 2.45) is 0 Å². The molecule has 2 N–H and O–H groups in total. The van der Waals surface area contributed by atoms with Crippen molar-refractivity contribution in [1.29, 1.82) is 0 Å². The molecule has 0 saturated carbocycles. The summed E-state index contributed by atoms with van der Waals surface area (Å²) in [5.41, 5.74) is 2.73. The van der Waals surface area contributed by atoms with Gasteiger partial charge in [0.25, 0.3) is 0 Å². The van der Waals surface area contributed by atoms with Crippen LogP contribution in [0.5, 0.6) is 0 Å². The van der Waals surface area contributed by atoms with Crippen molar-refractivity contribution in [3.05, 3.63) is 71.8 Å². The molecule has 2 heteroatoms. The topological polar surface area (TPSA) is 24.1 Å². The third-order valence-corrected chi connectivity index (χ3v) is 4.00. The van der Waals surface area contributed by atoms with Gasteiger partial charge in [-0.05, 0) is 31.4 Å². The van der Waals surface area contributed by atoms with Gasteiger partial charge in [0.2, 0.25) is 0 Å². The second kappa shape index (κ2) is 8.28. The summed E-state index contributed by atoms with van der Waals surface area (Å²) in [5.74, 6) is 0. The molecule has 0 aromatic heterocycles. The Hall–Kier alpha value is -1.64. The third-order valence-electron chi connectivity index (χ3n) is 4.00. The quantitative estimate of drug-likeness (QED) is 0.758. The summed E-state index contributed by atoms with van der Waals surface area (Å²) >= 11 is 0. The van der Waals surface area contributed by atoms with Crippen LogP contribution >= 0.6 is 0 Å². The van der Waals surface area contributed by atoms with E-state index in [9.17, 15) is 0 Å². The lowest BCUT2D eigenvalue weighted by Gasteiger charge is -2.33. The average molecular weight is 310 g/mol. The molecule has 124 valence electrons. The van der Waals surface area contributed by atoms with E-state index in [0.29, 0.717) is 12.1 Å². The smallest absolute Gasteiger partial charge is 0.0365 e. The summed E-state index contributed by atoms with van der Waals surface area (Å²) in [6, 6.07) is 22.3. The van der Waals surface area contributed by atoms with E-state index < -0.39 is 0 Å². The van der Waals surface area contributed by atoms with Crippen molar-refractivity contribution < 1.29 is 0 Å². The van der Waals surface area contributed by atoms with Crippen molar-refractivity contribution in [3.8, 4) is 0 Å². The van der Waals surface area contributed by atoms with Gasteiger partial charge in [0.05, 0.1) is 0 Å². The largest absolute Gasteiger partial charge is 0.313 e. The Morgan fingerprint density at radius 2 is 1.43 bits per heavy atom. The predicted molar refractivity (Wildman–Crippen MR) is 99.7 cm³/mol. The minimum absolute atomic E-state index is 0.0273. The minimum Gasteiger partial charge on any atom is -0.313 e. The highest BCUT2D eigenvalue weighted by Crippen LogP contribution is 2.21. The summed E-state index contributed by atoms with van der Waals surface area (Å²) < 4.78 is 0. The minimum atomic E-state index is 0.0273. The van der Waals surface area contributed by atoms with Gasteiger partial charge in [-0.2, -0.15) is 0 Å². The van der Waals surface area contributed by atoms with Gasteiger partial charge in [-0.15, -0.1) is 0 Å². The zero-order valence-corrected chi connectivity index (χ0v) is 14.8. The van der Waals surface area contributed by atoms with Crippen molar-refractivity contribution in [1.82, 2.24) is 10.6 Å². The van der Waals surface area contributed by atoms with Gasteiger partial charge < -0.3 is 10.6 Å². The highest BCUT2D eigenvalue weighted by molar-refractivity contribution is 5.24. The first-order valence-electron chi connectivity index (χ1n) is 8.56. The molecule has 2 aromatic rings. The van der Waals surface area contributed by atoms with Crippen LogP contribution < -0.4 is 10.6 Å². The maximum absolute atomic E-state index is 3.85. The number of hydrogen-bond donors (Lipinski definition) is 2. The molecule has 0 radical (unpaired) electrons. The van der Waals surface area contributed by atoms with E-state index in [1.54, 1.807) is 0 Å². The molecular formula is C21H30N2. The molecule has 23 heavy (non-hydrogen) atoms. The van der Waals surface area contributed by atoms with Crippen LogP contribution in [0.2, 0.25) is 0 Å². The molecule has 0 spiro atoms. The fourth-order valence-electron chi connectivity index (χ4n) is 2.77. The van der Waals surface area contributed by atoms with Gasteiger partial charge >= 0.3 is 0 Å². The zero-order chi connectivity index (χ0) is 16.7. The molecule has 0 unspecified atom stereocenters. The van der Waals surface area contributed by atoms with Gasteiger partial charge in [0, 0.05) is 24.2 Å². The maximum Gasteiger partial charge on any atom is 0.0365 e. The van der Waals surface area contributed by atoms with E-state index in [4.69, 9.17) is 0 Å². The maximum atomic E-state index is 3.85. The van der Waals surface area contributed by atoms with E-state index in [-0.39, 0.29) is 5.54 Å². The van der Waals surface area contributed by atoms with Gasteiger partial charge in [0.15, 0.2) is 0 Å². The summed E-state index contributed by atoms with van der Waals surface area (Å²) in [5, 5.41) is 7.39. The Labute approximate surface area is 141 Å². The highest BCUT2D eigenvalue weighted by atomic mass is 15.1. The fraction of sp³-hybridized carbons (Fsp3) is 0.429. The highest BCUT2D eigenvalue weighted by Gasteiger charge is 2.23. The number of hydrogen-bond acceptors (Lipinski definition) is 2. The van der Waals surface area contributed by atoms with Gasteiger partial charge in [-0.25, -0.2) is 0 Å². The van der Waals surface area contributed by atoms with Gasteiger partial charge in [0.1, 0.15) is 0 Å². The molecule has 0 fully saturated rings. The Bertz CT molecular complexity index is 561. The molecular weight excluding hydrogens is 280 g/mol. The summed E-state index contributed by atoms with van der Waals surface area (Å²) in [6.07, 6.45) is 0.996.